The zero-order valence-electron chi connectivity index (χ0n) is 18.8. The van der Waals surface area contributed by atoms with Crippen molar-refractivity contribution in [1.82, 2.24) is 4.90 Å². The largest absolute Gasteiger partial charge is 0.445 e. The van der Waals surface area contributed by atoms with E-state index < -0.39 is 12.1 Å². The molecule has 1 aliphatic heterocycles. The summed E-state index contributed by atoms with van der Waals surface area (Å²) in [4.78, 5) is 30.2. The molecule has 0 aliphatic carbocycles. The van der Waals surface area contributed by atoms with Gasteiger partial charge in [-0.25, -0.2) is 4.79 Å². The molecule has 1 aliphatic rings. The SMILES string of the molecule is O=C(C1CCCN1C(=O)OCc1ccccc1)N(c1ccccc1)c1ccc2ccccc2c1. The first-order valence-corrected chi connectivity index (χ1v) is 11.6. The van der Waals surface area contributed by atoms with Crippen LogP contribution < -0.4 is 4.90 Å². The van der Waals surface area contributed by atoms with Gasteiger partial charge in [0.15, 0.2) is 0 Å². The summed E-state index contributed by atoms with van der Waals surface area (Å²) in [6.45, 7) is 0.689. The van der Waals surface area contributed by atoms with E-state index in [9.17, 15) is 9.59 Å². The standard InChI is InChI=1S/C29H26N2O3/c32-28(27-16-9-19-30(27)29(33)34-21-22-10-3-1-4-11-22)31(25-14-5-2-6-15-25)26-18-17-23-12-7-8-13-24(23)20-26/h1-8,10-15,17-18,20,27H,9,16,19,21H2. The third-order valence-electron chi connectivity index (χ3n) is 6.20. The molecule has 5 rings (SSSR count). The molecular formula is C29H26N2O3. The Bertz CT molecular complexity index is 1290. The second-order valence-electron chi connectivity index (χ2n) is 8.43. The zero-order chi connectivity index (χ0) is 23.3. The molecule has 34 heavy (non-hydrogen) atoms. The Hall–Kier alpha value is -4.12. The van der Waals surface area contributed by atoms with Gasteiger partial charge in [0.2, 0.25) is 0 Å². The third-order valence-corrected chi connectivity index (χ3v) is 6.20. The summed E-state index contributed by atoms with van der Waals surface area (Å²) in [6, 6.07) is 32.7. The maximum atomic E-state index is 13.9. The first kappa shape index (κ1) is 21.7. The van der Waals surface area contributed by atoms with Crippen molar-refractivity contribution in [1.29, 1.82) is 0 Å². The molecule has 0 spiro atoms. The van der Waals surface area contributed by atoms with Gasteiger partial charge in [-0.05, 0) is 53.4 Å². The van der Waals surface area contributed by atoms with E-state index >= 15 is 0 Å². The highest BCUT2D eigenvalue weighted by Gasteiger charge is 2.38. The van der Waals surface area contributed by atoms with Gasteiger partial charge in [0.25, 0.3) is 5.91 Å². The molecule has 0 saturated carbocycles. The first-order valence-electron chi connectivity index (χ1n) is 11.6. The predicted molar refractivity (Wildman–Crippen MR) is 134 cm³/mol. The van der Waals surface area contributed by atoms with E-state index in [2.05, 4.69) is 6.07 Å². The van der Waals surface area contributed by atoms with Crippen molar-refractivity contribution in [2.24, 2.45) is 0 Å². The summed E-state index contributed by atoms with van der Waals surface area (Å²) in [5, 5.41) is 2.16. The topological polar surface area (TPSA) is 49.9 Å². The lowest BCUT2D eigenvalue weighted by molar-refractivity contribution is -0.121. The summed E-state index contributed by atoms with van der Waals surface area (Å²) in [7, 11) is 0. The fourth-order valence-corrected chi connectivity index (χ4v) is 4.49. The van der Waals surface area contributed by atoms with Crippen LogP contribution in [0.2, 0.25) is 0 Å². The van der Waals surface area contributed by atoms with Crippen molar-refractivity contribution in [3.05, 3.63) is 109 Å². The molecule has 0 N–H and O–H groups in total. The number of anilines is 2. The Kier molecular flexibility index (Phi) is 6.25. The average molecular weight is 451 g/mol. The van der Waals surface area contributed by atoms with Gasteiger partial charge < -0.3 is 4.74 Å². The number of nitrogens with zero attached hydrogens (tertiary/aromatic N) is 2. The highest BCUT2D eigenvalue weighted by Crippen LogP contribution is 2.32. The maximum Gasteiger partial charge on any atom is 0.410 e. The van der Waals surface area contributed by atoms with Gasteiger partial charge in [-0.15, -0.1) is 0 Å². The second-order valence-corrected chi connectivity index (χ2v) is 8.43. The van der Waals surface area contributed by atoms with Gasteiger partial charge in [-0.3, -0.25) is 14.6 Å². The second kappa shape index (κ2) is 9.79. The van der Waals surface area contributed by atoms with Crippen molar-refractivity contribution in [2.75, 3.05) is 11.4 Å². The molecule has 0 aromatic heterocycles. The molecular weight excluding hydrogens is 424 g/mol. The predicted octanol–water partition coefficient (Wildman–Crippen LogP) is 6.31. The van der Waals surface area contributed by atoms with Crippen LogP contribution in [0, 0.1) is 0 Å². The fraction of sp³-hybridized carbons (Fsp3) is 0.172. The summed E-state index contributed by atoms with van der Waals surface area (Å²) >= 11 is 0. The molecule has 170 valence electrons. The minimum absolute atomic E-state index is 0.129. The van der Waals surface area contributed by atoms with Gasteiger partial charge in [0.1, 0.15) is 12.6 Å². The number of likely N-dealkylation sites (tertiary alicyclic amines) is 1. The molecule has 1 saturated heterocycles. The normalized spacial score (nSPS) is 15.3. The number of rotatable bonds is 5. The lowest BCUT2D eigenvalue weighted by Gasteiger charge is -2.30. The number of carbonyl (C=O) groups is 2. The van der Waals surface area contributed by atoms with Crippen LogP contribution in [0.15, 0.2) is 103 Å². The van der Waals surface area contributed by atoms with Crippen LogP contribution in [0.5, 0.6) is 0 Å². The first-order chi connectivity index (χ1) is 16.7. The Morgan fingerprint density at radius 3 is 2.24 bits per heavy atom. The Morgan fingerprint density at radius 2 is 1.47 bits per heavy atom. The van der Waals surface area contributed by atoms with E-state index in [0.717, 1.165) is 34.1 Å². The minimum atomic E-state index is -0.574. The molecule has 5 nitrogen and oxygen atoms in total. The van der Waals surface area contributed by atoms with Gasteiger partial charge in [-0.2, -0.15) is 0 Å². The van der Waals surface area contributed by atoms with E-state index in [0.29, 0.717) is 13.0 Å². The van der Waals surface area contributed by atoms with Crippen LogP contribution in [0.25, 0.3) is 10.8 Å². The van der Waals surface area contributed by atoms with Crippen molar-refractivity contribution in [3.63, 3.8) is 0 Å². The van der Waals surface area contributed by atoms with E-state index in [1.165, 1.54) is 0 Å². The molecule has 2 amide bonds. The molecule has 0 bridgehead atoms. The number of amides is 2. The monoisotopic (exact) mass is 450 g/mol. The lowest BCUT2D eigenvalue weighted by Crippen LogP contribution is -2.46. The third kappa shape index (κ3) is 4.50. The molecule has 1 heterocycles. The van der Waals surface area contributed by atoms with Crippen molar-refractivity contribution < 1.29 is 14.3 Å². The number of hydrogen-bond donors (Lipinski definition) is 0. The van der Waals surface area contributed by atoms with Crippen LogP contribution in [-0.4, -0.2) is 29.5 Å². The molecule has 4 aromatic rings. The van der Waals surface area contributed by atoms with Crippen molar-refractivity contribution in [2.45, 2.75) is 25.5 Å². The molecule has 5 heteroatoms. The molecule has 1 unspecified atom stereocenters. The Balaban J connectivity index is 1.42. The van der Waals surface area contributed by atoms with E-state index in [4.69, 9.17) is 4.74 Å². The van der Waals surface area contributed by atoms with Crippen LogP contribution in [0.3, 0.4) is 0 Å². The van der Waals surface area contributed by atoms with Crippen molar-refractivity contribution in [3.8, 4) is 0 Å². The van der Waals surface area contributed by atoms with Crippen LogP contribution in [0.1, 0.15) is 18.4 Å². The van der Waals surface area contributed by atoms with Crippen LogP contribution in [0.4, 0.5) is 16.2 Å². The Labute approximate surface area is 199 Å². The number of hydrogen-bond acceptors (Lipinski definition) is 3. The van der Waals surface area contributed by atoms with Crippen LogP contribution >= 0.6 is 0 Å². The van der Waals surface area contributed by atoms with Crippen LogP contribution in [-0.2, 0) is 16.1 Å². The molecule has 1 atom stereocenters. The van der Waals surface area contributed by atoms with Crippen molar-refractivity contribution >= 4 is 34.1 Å². The highest BCUT2D eigenvalue weighted by atomic mass is 16.6. The lowest BCUT2D eigenvalue weighted by atomic mass is 10.1. The quantitative estimate of drug-likeness (QED) is 0.358. The smallest absolute Gasteiger partial charge is 0.410 e. The number of fused-ring (bicyclic) bond motifs is 1. The van der Waals surface area contributed by atoms with Gasteiger partial charge in [-0.1, -0.05) is 78.9 Å². The Morgan fingerprint density at radius 1 is 0.794 bits per heavy atom. The average Bonchev–Trinajstić information content (AvgIpc) is 3.39. The van der Waals surface area contributed by atoms with Gasteiger partial charge >= 0.3 is 6.09 Å². The van der Waals surface area contributed by atoms with E-state index in [1.807, 2.05) is 97.1 Å². The van der Waals surface area contributed by atoms with Gasteiger partial charge in [0, 0.05) is 17.9 Å². The summed E-state index contributed by atoms with van der Waals surface area (Å²) in [5.41, 5.74) is 2.46. The molecule has 4 aromatic carbocycles. The van der Waals surface area contributed by atoms with Gasteiger partial charge in [0.05, 0.1) is 0 Å². The number of carbonyl (C=O) groups excluding carboxylic acids is 2. The number of benzene rings is 4. The van der Waals surface area contributed by atoms with E-state index in [1.54, 1.807) is 9.80 Å². The molecule has 0 radical (unpaired) electrons. The number of para-hydroxylation sites is 1. The minimum Gasteiger partial charge on any atom is -0.445 e. The summed E-state index contributed by atoms with van der Waals surface area (Å²) in [6.07, 6.45) is 0.916. The fourth-order valence-electron chi connectivity index (χ4n) is 4.49. The zero-order valence-corrected chi connectivity index (χ0v) is 18.8. The van der Waals surface area contributed by atoms with E-state index in [-0.39, 0.29) is 12.5 Å². The summed E-state index contributed by atoms with van der Waals surface area (Å²) < 4.78 is 5.56. The number of ether oxygens (including phenoxy) is 1. The maximum absolute atomic E-state index is 13.9. The molecule has 1 fully saturated rings. The summed E-state index contributed by atoms with van der Waals surface area (Å²) in [5.74, 6) is -0.129. The highest BCUT2D eigenvalue weighted by molar-refractivity contribution is 6.06.